The van der Waals surface area contributed by atoms with Gasteiger partial charge in [0.05, 0.1) is 5.52 Å². The van der Waals surface area contributed by atoms with Crippen LogP contribution in [0.25, 0.3) is 10.9 Å². The van der Waals surface area contributed by atoms with Crippen LogP contribution in [0.4, 0.5) is 18.9 Å². The van der Waals surface area contributed by atoms with E-state index in [0.29, 0.717) is 16.6 Å². The molecule has 33 heavy (non-hydrogen) atoms. The van der Waals surface area contributed by atoms with Crippen LogP contribution in [0.3, 0.4) is 0 Å². The van der Waals surface area contributed by atoms with Crippen LogP contribution in [-0.4, -0.2) is 44.1 Å². The summed E-state index contributed by atoms with van der Waals surface area (Å²) < 4.78 is 40.1. The Balaban J connectivity index is 1.47. The standard InChI is InChI=1S/C23H24F3N5O2/c1-2-17-6-3-4-11-31(17)21(32)14-30-13-15-12-16(9-10-18(15)29-30)27-22(33)19-7-5-8-20(28-19)23(24,25)26/h5,7-10,12-13,17H,2-4,6,11,14H2,1H3,(H,27,33). The summed E-state index contributed by atoms with van der Waals surface area (Å²) in [6, 6.07) is 8.38. The number of likely N-dealkylation sites (tertiary alicyclic amines) is 1. The summed E-state index contributed by atoms with van der Waals surface area (Å²) in [5.74, 6) is -0.725. The smallest absolute Gasteiger partial charge is 0.338 e. The van der Waals surface area contributed by atoms with Gasteiger partial charge in [0.25, 0.3) is 5.91 Å². The monoisotopic (exact) mass is 459 g/mol. The molecule has 1 fully saturated rings. The Labute approximate surface area is 188 Å². The second-order valence-corrected chi connectivity index (χ2v) is 8.11. The van der Waals surface area contributed by atoms with Crippen molar-refractivity contribution in [2.45, 2.75) is 51.4 Å². The summed E-state index contributed by atoms with van der Waals surface area (Å²) in [7, 11) is 0. The zero-order valence-electron chi connectivity index (χ0n) is 18.1. The molecule has 10 heteroatoms. The SMILES string of the molecule is CCC1CCCCN1C(=O)Cn1cc2cc(NC(=O)c3cccc(C(F)(F)F)n3)ccc2n1. The van der Waals surface area contributed by atoms with Gasteiger partial charge in [0.1, 0.15) is 17.9 Å². The molecule has 1 aliphatic rings. The number of fused-ring (bicyclic) bond motifs is 1. The Morgan fingerprint density at radius 1 is 1.18 bits per heavy atom. The molecule has 1 aromatic carbocycles. The van der Waals surface area contributed by atoms with Crippen LogP contribution >= 0.6 is 0 Å². The molecule has 1 saturated heterocycles. The molecule has 1 unspecified atom stereocenters. The largest absolute Gasteiger partial charge is 0.433 e. The molecule has 0 aliphatic carbocycles. The fraction of sp³-hybridized carbons (Fsp3) is 0.391. The van der Waals surface area contributed by atoms with Crippen molar-refractivity contribution >= 4 is 28.4 Å². The third kappa shape index (κ3) is 5.15. The molecule has 7 nitrogen and oxygen atoms in total. The van der Waals surface area contributed by atoms with Crippen LogP contribution in [0, 0.1) is 0 Å². The minimum absolute atomic E-state index is 0.0264. The van der Waals surface area contributed by atoms with Gasteiger partial charge in [-0.25, -0.2) is 4.98 Å². The normalized spacial score (nSPS) is 16.7. The van der Waals surface area contributed by atoms with Crippen molar-refractivity contribution in [3.05, 3.63) is 54.0 Å². The Morgan fingerprint density at radius 3 is 2.76 bits per heavy atom. The number of anilines is 1. The lowest BCUT2D eigenvalue weighted by Gasteiger charge is -2.35. The van der Waals surface area contributed by atoms with Gasteiger partial charge in [-0.05, 0) is 56.0 Å². The number of carbonyl (C=O) groups is 2. The van der Waals surface area contributed by atoms with Crippen LogP contribution in [0.5, 0.6) is 0 Å². The first kappa shape index (κ1) is 22.8. The first-order valence-corrected chi connectivity index (χ1v) is 10.9. The number of pyridine rings is 1. The molecule has 2 amide bonds. The summed E-state index contributed by atoms with van der Waals surface area (Å²) in [5.41, 5.74) is -0.433. The fourth-order valence-corrected chi connectivity index (χ4v) is 4.13. The maximum absolute atomic E-state index is 12.9. The molecule has 1 atom stereocenters. The van der Waals surface area contributed by atoms with Gasteiger partial charge in [0.15, 0.2) is 0 Å². The molecule has 2 aromatic heterocycles. The number of hydrogen-bond donors (Lipinski definition) is 1. The number of piperidine rings is 1. The molecule has 1 N–H and O–H groups in total. The number of amides is 2. The van der Waals surface area contributed by atoms with Gasteiger partial charge in [-0.1, -0.05) is 13.0 Å². The Hall–Kier alpha value is -3.43. The summed E-state index contributed by atoms with van der Waals surface area (Å²) in [6.45, 7) is 2.97. The van der Waals surface area contributed by atoms with E-state index in [-0.39, 0.29) is 24.2 Å². The summed E-state index contributed by atoms with van der Waals surface area (Å²) in [4.78, 5) is 30.5. The van der Waals surface area contributed by atoms with E-state index in [9.17, 15) is 22.8 Å². The lowest BCUT2D eigenvalue weighted by Crippen LogP contribution is -2.44. The maximum atomic E-state index is 12.9. The zero-order chi connectivity index (χ0) is 23.6. The molecule has 174 valence electrons. The Morgan fingerprint density at radius 2 is 2.00 bits per heavy atom. The number of rotatable bonds is 5. The number of nitrogens with one attached hydrogen (secondary N) is 1. The third-order valence-corrected chi connectivity index (χ3v) is 5.80. The van der Waals surface area contributed by atoms with Crippen LogP contribution in [0.1, 0.15) is 48.8 Å². The number of aromatic nitrogens is 3. The van der Waals surface area contributed by atoms with Crippen LogP contribution in [0.15, 0.2) is 42.6 Å². The van der Waals surface area contributed by atoms with Crippen molar-refractivity contribution < 1.29 is 22.8 Å². The summed E-state index contributed by atoms with van der Waals surface area (Å²) in [5, 5.41) is 7.70. The van der Waals surface area contributed by atoms with Gasteiger partial charge in [0.2, 0.25) is 5.91 Å². The zero-order valence-corrected chi connectivity index (χ0v) is 18.1. The minimum Gasteiger partial charge on any atom is -0.338 e. The Kier molecular flexibility index (Phi) is 6.35. The van der Waals surface area contributed by atoms with Gasteiger partial charge in [0, 0.05) is 29.9 Å². The number of hydrogen-bond acceptors (Lipinski definition) is 4. The van der Waals surface area contributed by atoms with Crippen molar-refractivity contribution in [1.82, 2.24) is 19.7 Å². The quantitative estimate of drug-likeness (QED) is 0.610. The highest BCUT2D eigenvalue weighted by molar-refractivity contribution is 6.03. The number of carbonyl (C=O) groups excluding carboxylic acids is 2. The second-order valence-electron chi connectivity index (χ2n) is 8.11. The van der Waals surface area contributed by atoms with Crippen LogP contribution < -0.4 is 5.32 Å². The maximum Gasteiger partial charge on any atom is 0.433 e. The molecule has 3 aromatic rings. The average Bonchev–Trinajstić information content (AvgIpc) is 3.20. The highest BCUT2D eigenvalue weighted by atomic mass is 19.4. The first-order chi connectivity index (χ1) is 15.7. The number of benzene rings is 1. The predicted molar refractivity (Wildman–Crippen MR) is 117 cm³/mol. The molecule has 0 radical (unpaired) electrons. The van der Waals surface area contributed by atoms with E-state index >= 15 is 0 Å². The van der Waals surface area contributed by atoms with E-state index in [2.05, 4.69) is 22.3 Å². The molecule has 0 saturated carbocycles. The number of alkyl halides is 3. The van der Waals surface area contributed by atoms with Crippen molar-refractivity contribution in [3.63, 3.8) is 0 Å². The van der Waals surface area contributed by atoms with Gasteiger partial charge < -0.3 is 10.2 Å². The van der Waals surface area contributed by atoms with Crippen molar-refractivity contribution in [2.75, 3.05) is 11.9 Å². The lowest BCUT2D eigenvalue weighted by molar-refractivity contribution is -0.141. The molecular weight excluding hydrogens is 435 g/mol. The van der Waals surface area contributed by atoms with Gasteiger partial charge in [-0.3, -0.25) is 14.3 Å². The molecule has 1 aliphatic heterocycles. The van der Waals surface area contributed by atoms with E-state index in [4.69, 9.17) is 0 Å². The molecular formula is C23H24F3N5O2. The number of halogens is 3. The van der Waals surface area contributed by atoms with E-state index in [1.807, 2.05) is 4.90 Å². The van der Waals surface area contributed by atoms with Crippen LogP contribution in [-0.2, 0) is 17.5 Å². The molecule has 0 bridgehead atoms. The highest BCUT2D eigenvalue weighted by Gasteiger charge is 2.33. The Bertz CT molecular complexity index is 1170. The lowest BCUT2D eigenvalue weighted by atomic mass is 10.00. The topological polar surface area (TPSA) is 80.1 Å². The summed E-state index contributed by atoms with van der Waals surface area (Å²) >= 11 is 0. The highest BCUT2D eigenvalue weighted by Crippen LogP contribution is 2.27. The first-order valence-electron chi connectivity index (χ1n) is 10.9. The van der Waals surface area contributed by atoms with E-state index in [0.717, 1.165) is 44.4 Å². The predicted octanol–water partition coefficient (Wildman–Crippen LogP) is 4.49. The van der Waals surface area contributed by atoms with E-state index in [1.54, 1.807) is 29.1 Å². The average molecular weight is 459 g/mol. The van der Waals surface area contributed by atoms with Crippen LogP contribution in [0.2, 0.25) is 0 Å². The molecule has 3 heterocycles. The second kappa shape index (κ2) is 9.21. The fourth-order valence-electron chi connectivity index (χ4n) is 4.13. The van der Waals surface area contributed by atoms with Crippen molar-refractivity contribution in [3.8, 4) is 0 Å². The van der Waals surface area contributed by atoms with E-state index < -0.39 is 17.8 Å². The van der Waals surface area contributed by atoms with Crippen molar-refractivity contribution in [2.24, 2.45) is 0 Å². The summed E-state index contributed by atoms with van der Waals surface area (Å²) in [6.07, 6.45) is 1.18. The van der Waals surface area contributed by atoms with Gasteiger partial charge in [-0.2, -0.15) is 18.3 Å². The van der Waals surface area contributed by atoms with Gasteiger partial charge >= 0.3 is 6.18 Å². The van der Waals surface area contributed by atoms with Crippen molar-refractivity contribution in [1.29, 1.82) is 0 Å². The number of nitrogens with zero attached hydrogens (tertiary/aromatic N) is 4. The molecule has 0 spiro atoms. The molecule has 4 rings (SSSR count). The third-order valence-electron chi connectivity index (χ3n) is 5.80. The minimum atomic E-state index is -4.63. The van der Waals surface area contributed by atoms with E-state index in [1.165, 1.54) is 6.07 Å². The van der Waals surface area contributed by atoms with Gasteiger partial charge in [-0.15, -0.1) is 0 Å².